The first-order valence-corrected chi connectivity index (χ1v) is 7.10. The number of aliphatic carboxylic acids is 1. The van der Waals surface area contributed by atoms with E-state index in [1.807, 2.05) is 0 Å². The molecule has 110 valence electrons. The highest BCUT2D eigenvalue weighted by Crippen LogP contribution is 2.35. The van der Waals surface area contributed by atoms with Gasteiger partial charge in [0, 0.05) is 31.9 Å². The largest absolute Gasteiger partial charge is 0.481 e. The van der Waals surface area contributed by atoms with Gasteiger partial charge in [-0.05, 0) is 18.9 Å². The zero-order valence-electron chi connectivity index (χ0n) is 11.5. The van der Waals surface area contributed by atoms with Gasteiger partial charge in [-0.1, -0.05) is 19.3 Å². The van der Waals surface area contributed by atoms with E-state index in [0.717, 1.165) is 19.3 Å². The molecule has 0 spiro atoms. The van der Waals surface area contributed by atoms with Crippen molar-refractivity contribution < 1.29 is 14.7 Å². The van der Waals surface area contributed by atoms with Crippen molar-refractivity contribution in [2.45, 2.75) is 45.1 Å². The molecule has 20 heavy (non-hydrogen) atoms. The third-order valence-corrected chi connectivity index (χ3v) is 4.02. The minimum Gasteiger partial charge on any atom is -0.481 e. The second kappa shape index (κ2) is 6.54. The van der Waals surface area contributed by atoms with Crippen LogP contribution < -0.4 is 5.32 Å². The first-order valence-electron chi connectivity index (χ1n) is 7.10. The molecule has 2 N–H and O–H groups in total. The number of aromatic nitrogens is 2. The van der Waals surface area contributed by atoms with Gasteiger partial charge in [0.15, 0.2) is 0 Å². The highest BCUT2D eigenvalue weighted by Gasteiger charge is 2.39. The maximum absolute atomic E-state index is 11.8. The summed E-state index contributed by atoms with van der Waals surface area (Å²) in [6.07, 6.45) is 8.03. The van der Waals surface area contributed by atoms with Gasteiger partial charge in [-0.25, -0.2) is 0 Å². The van der Waals surface area contributed by atoms with E-state index in [1.54, 1.807) is 23.1 Å². The average Bonchev–Trinajstić information content (AvgIpc) is 2.97. The summed E-state index contributed by atoms with van der Waals surface area (Å²) in [6, 6.07) is 1.80. The molecule has 6 heteroatoms. The lowest BCUT2D eigenvalue weighted by Crippen LogP contribution is -2.44. The van der Waals surface area contributed by atoms with E-state index in [0.29, 0.717) is 25.8 Å². The zero-order chi connectivity index (χ0) is 14.4. The second-order valence-electron chi connectivity index (χ2n) is 5.44. The smallest absolute Gasteiger partial charge is 0.311 e. The van der Waals surface area contributed by atoms with Crippen molar-refractivity contribution in [2.75, 3.05) is 6.54 Å². The number of carboxylic acid groups (broad SMARTS) is 1. The molecule has 1 aliphatic carbocycles. The van der Waals surface area contributed by atoms with Crippen molar-refractivity contribution in [3.63, 3.8) is 0 Å². The van der Waals surface area contributed by atoms with E-state index in [1.165, 1.54) is 0 Å². The fourth-order valence-corrected chi connectivity index (χ4v) is 2.70. The number of nitrogens with zero attached hydrogens (tertiary/aromatic N) is 2. The molecule has 1 aliphatic rings. The summed E-state index contributed by atoms with van der Waals surface area (Å²) in [5.41, 5.74) is -0.764. The Balaban J connectivity index is 1.80. The molecule has 1 amide bonds. The number of carbonyl (C=O) groups is 2. The Hall–Kier alpha value is -1.85. The zero-order valence-corrected chi connectivity index (χ0v) is 11.5. The summed E-state index contributed by atoms with van der Waals surface area (Å²) in [5.74, 6) is -0.906. The first-order chi connectivity index (χ1) is 9.62. The highest BCUT2D eigenvalue weighted by atomic mass is 16.4. The van der Waals surface area contributed by atoms with Gasteiger partial charge in [0.2, 0.25) is 5.91 Å². The molecule has 0 atom stereocenters. The maximum atomic E-state index is 11.8. The topological polar surface area (TPSA) is 84.2 Å². The Bertz CT molecular complexity index is 450. The molecule has 0 radical (unpaired) electrons. The number of rotatable bonds is 6. The van der Waals surface area contributed by atoms with E-state index in [-0.39, 0.29) is 12.5 Å². The molecule has 0 unspecified atom stereocenters. The molecule has 1 fully saturated rings. The lowest BCUT2D eigenvalue weighted by atomic mass is 9.74. The Morgan fingerprint density at radius 3 is 2.65 bits per heavy atom. The number of nitrogens with one attached hydrogen (secondary N) is 1. The van der Waals surface area contributed by atoms with E-state index in [2.05, 4.69) is 10.4 Å². The SMILES string of the molecule is O=C(CCn1cccn1)NCC1(C(=O)O)CCCCC1. The van der Waals surface area contributed by atoms with Crippen LogP contribution in [0.2, 0.25) is 0 Å². The third kappa shape index (κ3) is 3.59. The first kappa shape index (κ1) is 14.6. The van der Waals surface area contributed by atoms with E-state index in [4.69, 9.17) is 0 Å². The Morgan fingerprint density at radius 2 is 2.05 bits per heavy atom. The van der Waals surface area contributed by atoms with Gasteiger partial charge in [0.1, 0.15) is 0 Å². The average molecular weight is 279 g/mol. The van der Waals surface area contributed by atoms with Crippen LogP contribution in [-0.4, -0.2) is 33.3 Å². The Kier molecular flexibility index (Phi) is 4.76. The molecule has 6 nitrogen and oxygen atoms in total. The lowest BCUT2D eigenvalue weighted by molar-refractivity contribution is -0.151. The molecule has 1 saturated carbocycles. The molecular formula is C14H21N3O3. The molecule has 0 saturated heterocycles. The summed E-state index contributed by atoms with van der Waals surface area (Å²) in [4.78, 5) is 23.3. The van der Waals surface area contributed by atoms with Gasteiger partial charge >= 0.3 is 5.97 Å². The van der Waals surface area contributed by atoms with Crippen LogP contribution in [0.15, 0.2) is 18.5 Å². The molecule has 2 rings (SSSR count). The van der Waals surface area contributed by atoms with Crippen molar-refractivity contribution in [2.24, 2.45) is 5.41 Å². The van der Waals surface area contributed by atoms with Gasteiger partial charge in [-0.2, -0.15) is 5.10 Å². The summed E-state index contributed by atoms with van der Waals surface area (Å²) < 4.78 is 1.69. The summed E-state index contributed by atoms with van der Waals surface area (Å²) in [7, 11) is 0. The van der Waals surface area contributed by atoms with Crippen LogP contribution in [0.25, 0.3) is 0 Å². The van der Waals surface area contributed by atoms with Crippen LogP contribution in [0, 0.1) is 5.41 Å². The molecule has 0 bridgehead atoms. The van der Waals surface area contributed by atoms with Crippen LogP contribution in [0.1, 0.15) is 38.5 Å². The van der Waals surface area contributed by atoms with Crippen molar-refractivity contribution in [3.8, 4) is 0 Å². The predicted octanol–water partition coefficient (Wildman–Crippen LogP) is 1.42. The van der Waals surface area contributed by atoms with Gasteiger partial charge in [0.25, 0.3) is 0 Å². The Morgan fingerprint density at radius 1 is 1.30 bits per heavy atom. The fourth-order valence-electron chi connectivity index (χ4n) is 2.70. The summed E-state index contributed by atoms with van der Waals surface area (Å²) in [5, 5.41) is 16.2. The van der Waals surface area contributed by atoms with Crippen LogP contribution >= 0.6 is 0 Å². The van der Waals surface area contributed by atoms with Crippen LogP contribution in [-0.2, 0) is 16.1 Å². The summed E-state index contributed by atoms with van der Waals surface area (Å²) in [6.45, 7) is 0.749. The highest BCUT2D eigenvalue weighted by molar-refractivity contribution is 5.79. The van der Waals surface area contributed by atoms with Gasteiger partial charge in [0.05, 0.1) is 5.41 Å². The number of aryl methyl sites for hydroxylation is 1. The van der Waals surface area contributed by atoms with Gasteiger partial charge in [-0.15, -0.1) is 0 Å². The monoisotopic (exact) mass is 279 g/mol. The van der Waals surface area contributed by atoms with E-state index >= 15 is 0 Å². The molecular weight excluding hydrogens is 258 g/mol. The molecule has 0 aliphatic heterocycles. The number of carbonyl (C=O) groups excluding carboxylic acids is 1. The number of hydrogen-bond donors (Lipinski definition) is 2. The van der Waals surface area contributed by atoms with E-state index < -0.39 is 11.4 Å². The van der Waals surface area contributed by atoms with Gasteiger partial charge in [-0.3, -0.25) is 14.3 Å². The minimum atomic E-state index is -0.787. The molecule has 1 heterocycles. The quantitative estimate of drug-likeness (QED) is 0.825. The van der Waals surface area contributed by atoms with Crippen molar-refractivity contribution in [1.29, 1.82) is 0 Å². The molecule has 1 aromatic heterocycles. The van der Waals surface area contributed by atoms with Crippen LogP contribution in [0.3, 0.4) is 0 Å². The van der Waals surface area contributed by atoms with Crippen LogP contribution in [0.5, 0.6) is 0 Å². The maximum Gasteiger partial charge on any atom is 0.311 e. The van der Waals surface area contributed by atoms with Crippen molar-refractivity contribution in [1.82, 2.24) is 15.1 Å². The number of hydrogen-bond acceptors (Lipinski definition) is 3. The Labute approximate surface area is 118 Å². The molecule has 0 aromatic carbocycles. The fraction of sp³-hybridized carbons (Fsp3) is 0.643. The van der Waals surface area contributed by atoms with Crippen molar-refractivity contribution in [3.05, 3.63) is 18.5 Å². The van der Waals surface area contributed by atoms with Gasteiger partial charge < -0.3 is 10.4 Å². The number of carboxylic acids is 1. The minimum absolute atomic E-state index is 0.119. The molecule has 1 aromatic rings. The number of amides is 1. The third-order valence-electron chi connectivity index (χ3n) is 4.02. The summed E-state index contributed by atoms with van der Waals surface area (Å²) >= 11 is 0. The lowest BCUT2D eigenvalue weighted by Gasteiger charge is -2.33. The predicted molar refractivity (Wildman–Crippen MR) is 73.0 cm³/mol. The van der Waals surface area contributed by atoms with Crippen molar-refractivity contribution >= 4 is 11.9 Å². The normalized spacial score (nSPS) is 17.6. The second-order valence-corrected chi connectivity index (χ2v) is 5.44. The van der Waals surface area contributed by atoms with E-state index in [9.17, 15) is 14.7 Å². The standard InChI is InChI=1S/C14H21N3O3/c18-12(5-10-17-9-4-8-16-17)15-11-14(13(19)20)6-2-1-3-7-14/h4,8-9H,1-3,5-7,10-11H2,(H,15,18)(H,19,20). The van der Waals surface area contributed by atoms with Crippen LogP contribution in [0.4, 0.5) is 0 Å².